The number of hydrogen-bond acceptors (Lipinski definition) is 8. The maximum absolute atomic E-state index is 12.8. The summed E-state index contributed by atoms with van der Waals surface area (Å²) in [5.41, 5.74) is 0. The van der Waals surface area contributed by atoms with Crippen LogP contribution in [0.4, 0.5) is 0 Å². The maximum atomic E-state index is 12.8. The Hall–Kier alpha value is -3.85. The second-order valence-corrected chi connectivity index (χ2v) is 19.9. The predicted molar refractivity (Wildman–Crippen MR) is 295 cm³/mol. The number of nitrogens with zero attached hydrogens (tertiary/aromatic N) is 1. The minimum absolute atomic E-state index is 0.0480. The lowest BCUT2D eigenvalue weighted by Gasteiger charge is -2.28. The summed E-state index contributed by atoms with van der Waals surface area (Å²) in [6.45, 7) is 4.01. The highest BCUT2D eigenvalue weighted by molar-refractivity contribution is 7.45. The number of esters is 2. The Labute approximate surface area is 428 Å². The highest BCUT2D eigenvalue weighted by Crippen LogP contribution is 2.38. The molecule has 0 saturated carbocycles. The molecule has 2 unspecified atom stereocenters. The van der Waals surface area contributed by atoms with Gasteiger partial charge in [0.1, 0.15) is 19.8 Å². The van der Waals surface area contributed by atoms with E-state index in [2.05, 4.69) is 148 Å². The molecule has 0 N–H and O–H groups in total. The van der Waals surface area contributed by atoms with Gasteiger partial charge in [-0.1, -0.05) is 186 Å². The number of carbonyl (C=O) groups is 2. The van der Waals surface area contributed by atoms with Gasteiger partial charge in [0.05, 0.1) is 27.7 Å². The van der Waals surface area contributed by atoms with Gasteiger partial charge in [0.15, 0.2) is 6.10 Å². The second-order valence-electron chi connectivity index (χ2n) is 18.5. The van der Waals surface area contributed by atoms with E-state index in [0.717, 1.165) is 116 Å². The average molecular weight is 992 g/mol. The molecule has 0 aliphatic rings. The average Bonchev–Trinajstić information content (AvgIpc) is 3.32. The number of unbranched alkanes of at least 4 members (excludes halogenated alkanes) is 11. The first-order chi connectivity index (χ1) is 34.0. The second kappa shape index (κ2) is 50.1. The lowest BCUT2D eigenvalue weighted by atomic mass is 10.1. The highest BCUT2D eigenvalue weighted by Gasteiger charge is 2.21. The first-order valence-corrected chi connectivity index (χ1v) is 28.4. The minimum Gasteiger partial charge on any atom is -0.756 e. The summed E-state index contributed by atoms with van der Waals surface area (Å²) in [5, 5.41) is 0. The number of phosphoric ester groups is 1. The number of rotatable bonds is 47. The standard InChI is InChI=1S/C60H98NO8P/c1-6-8-10-12-14-16-18-20-22-23-24-25-26-27-28-29-30-31-32-33-34-35-36-37-39-41-43-45-47-49-51-53-60(63)69-58(57-68-70(64,65)67-55-54-61(3,4)5)56-66-59(62)52-50-48-46-44-42-40-38-21-19-17-15-13-11-9-7-2/h8,10,14-17,20-22,24-25,27-28,30-31,33-34,36-38,41,43,58H,6-7,9,11-13,18-19,23,26,29,32,35,39-40,42,44-57H2,1-5H3/b10-8-,16-14-,17-15-,22-20-,25-24-,28-27-,31-30-,34-33-,37-36-,38-21-,43-41-. The molecule has 10 heteroatoms. The number of carbonyl (C=O) groups excluding carboxylic acids is 2. The van der Waals surface area contributed by atoms with Gasteiger partial charge < -0.3 is 27.9 Å². The predicted octanol–water partition coefficient (Wildman–Crippen LogP) is 15.9. The van der Waals surface area contributed by atoms with Crippen LogP contribution in [0.2, 0.25) is 0 Å². The molecule has 0 saturated heterocycles. The lowest BCUT2D eigenvalue weighted by Crippen LogP contribution is -2.37. The Bertz CT molecular complexity index is 1640. The van der Waals surface area contributed by atoms with Crippen molar-refractivity contribution in [2.24, 2.45) is 0 Å². The van der Waals surface area contributed by atoms with Crippen molar-refractivity contribution in [3.63, 3.8) is 0 Å². The zero-order valence-corrected chi connectivity index (χ0v) is 45.5. The molecule has 0 amide bonds. The van der Waals surface area contributed by atoms with Crippen molar-refractivity contribution in [1.82, 2.24) is 0 Å². The fourth-order valence-corrected chi connectivity index (χ4v) is 7.23. The van der Waals surface area contributed by atoms with Gasteiger partial charge in [-0.05, 0) is 116 Å². The van der Waals surface area contributed by atoms with Crippen LogP contribution >= 0.6 is 7.82 Å². The summed E-state index contributed by atoms with van der Waals surface area (Å²) in [6, 6.07) is 0. The van der Waals surface area contributed by atoms with E-state index < -0.39 is 32.5 Å². The number of quaternary nitrogens is 1. The first-order valence-electron chi connectivity index (χ1n) is 26.9. The van der Waals surface area contributed by atoms with Gasteiger partial charge >= 0.3 is 11.9 Å². The van der Waals surface area contributed by atoms with Crippen molar-refractivity contribution in [3.05, 3.63) is 134 Å². The van der Waals surface area contributed by atoms with Gasteiger partial charge in [0.25, 0.3) is 7.82 Å². The van der Waals surface area contributed by atoms with Crippen molar-refractivity contribution in [2.45, 2.75) is 187 Å². The van der Waals surface area contributed by atoms with Gasteiger partial charge in [-0.3, -0.25) is 14.2 Å². The van der Waals surface area contributed by atoms with E-state index in [-0.39, 0.29) is 26.1 Å². The van der Waals surface area contributed by atoms with E-state index in [9.17, 15) is 19.0 Å². The monoisotopic (exact) mass is 992 g/mol. The minimum atomic E-state index is -4.65. The molecule has 9 nitrogen and oxygen atoms in total. The van der Waals surface area contributed by atoms with Crippen molar-refractivity contribution in [2.75, 3.05) is 47.5 Å². The SMILES string of the molecule is CC/C=C\C/C=C\C/C=C\C/C=C\C/C=C\C/C=C\C/C=C\C/C=C\C/C=C\CCCCCC(=O)OC(COC(=O)CCCCCCC/C=C\C/C=C\CCCCC)COP(=O)([O-])OCC[N+](C)(C)C. The van der Waals surface area contributed by atoms with Gasteiger partial charge in [-0.25, -0.2) is 0 Å². The molecule has 0 aromatic carbocycles. The summed E-state index contributed by atoms with van der Waals surface area (Å²) < 4.78 is 34.0. The Morgan fingerprint density at radius 2 is 0.814 bits per heavy atom. The van der Waals surface area contributed by atoms with Gasteiger partial charge in [0.2, 0.25) is 0 Å². The molecule has 2 atom stereocenters. The molecule has 0 aliphatic carbocycles. The third-order valence-electron chi connectivity index (χ3n) is 10.7. The summed E-state index contributed by atoms with van der Waals surface area (Å²) in [6.07, 6.45) is 72.0. The normalized spacial score (nSPS) is 14.4. The van der Waals surface area contributed by atoms with E-state index in [4.69, 9.17) is 18.5 Å². The number of phosphoric acid groups is 1. The lowest BCUT2D eigenvalue weighted by molar-refractivity contribution is -0.870. The van der Waals surface area contributed by atoms with Crippen LogP contribution in [0.5, 0.6) is 0 Å². The molecular formula is C60H98NO8P. The van der Waals surface area contributed by atoms with Gasteiger partial charge in [0, 0.05) is 12.8 Å². The molecule has 70 heavy (non-hydrogen) atoms. The van der Waals surface area contributed by atoms with Crippen LogP contribution in [0.3, 0.4) is 0 Å². The van der Waals surface area contributed by atoms with Crippen LogP contribution in [-0.4, -0.2) is 70.0 Å². The maximum Gasteiger partial charge on any atom is 0.306 e. The molecule has 0 spiro atoms. The number of ether oxygens (including phenoxy) is 2. The quantitative estimate of drug-likeness (QED) is 0.0195. The first kappa shape index (κ1) is 66.2. The number of hydrogen-bond donors (Lipinski definition) is 0. The highest BCUT2D eigenvalue weighted by atomic mass is 31.2. The molecule has 0 aromatic heterocycles. The number of allylic oxidation sites excluding steroid dienone is 22. The Kier molecular flexibility index (Phi) is 47.3. The zero-order valence-electron chi connectivity index (χ0n) is 44.7. The molecular weight excluding hydrogens is 894 g/mol. The van der Waals surface area contributed by atoms with Crippen molar-refractivity contribution in [1.29, 1.82) is 0 Å². The summed E-state index contributed by atoms with van der Waals surface area (Å²) in [5.74, 6) is -0.901. The van der Waals surface area contributed by atoms with Crippen molar-refractivity contribution in [3.8, 4) is 0 Å². The Morgan fingerprint density at radius 1 is 0.457 bits per heavy atom. The van der Waals surface area contributed by atoms with Crippen LogP contribution in [0.25, 0.3) is 0 Å². The van der Waals surface area contributed by atoms with E-state index in [1.165, 1.54) is 25.7 Å². The van der Waals surface area contributed by atoms with Crippen molar-refractivity contribution >= 4 is 19.8 Å². The van der Waals surface area contributed by atoms with Crippen molar-refractivity contribution < 1.29 is 42.1 Å². The van der Waals surface area contributed by atoms with Crippen LogP contribution in [0.15, 0.2) is 134 Å². The van der Waals surface area contributed by atoms with E-state index in [1.54, 1.807) is 0 Å². The molecule has 0 heterocycles. The molecule has 0 aliphatic heterocycles. The molecule has 0 rings (SSSR count). The fourth-order valence-electron chi connectivity index (χ4n) is 6.50. The number of likely N-dealkylation sites (N-methyl/N-ethyl adjacent to an activating group) is 1. The van der Waals surface area contributed by atoms with Crippen LogP contribution in [-0.2, 0) is 32.7 Å². The molecule has 396 valence electrons. The van der Waals surface area contributed by atoms with Crippen LogP contribution in [0.1, 0.15) is 181 Å². The van der Waals surface area contributed by atoms with Gasteiger partial charge in [-0.2, -0.15) is 0 Å². The molecule has 0 aromatic rings. The zero-order chi connectivity index (χ0) is 51.3. The van der Waals surface area contributed by atoms with E-state index in [0.29, 0.717) is 23.9 Å². The summed E-state index contributed by atoms with van der Waals surface area (Å²) >= 11 is 0. The largest absolute Gasteiger partial charge is 0.756 e. The van der Waals surface area contributed by atoms with Gasteiger partial charge in [-0.15, -0.1) is 0 Å². The smallest absolute Gasteiger partial charge is 0.306 e. The Balaban J connectivity index is 4.33. The third-order valence-corrected chi connectivity index (χ3v) is 11.6. The third kappa shape index (κ3) is 53.5. The summed E-state index contributed by atoms with van der Waals surface area (Å²) in [7, 11) is 1.11. The van der Waals surface area contributed by atoms with Crippen LogP contribution < -0.4 is 4.89 Å². The molecule has 0 radical (unpaired) electrons. The topological polar surface area (TPSA) is 111 Å². The molecule has 0 fully saturated rings. The Morgan fingerprint density at radius 3 is 1.23 bits per heavy atom. The van der Waals surface area contributed by atoms with Crippen LogP contribution in [0, 0.1) is 0 Å². The van der Waals surface area contributed by atoms with E-state index >= 15 is 0 Å². The summed E-state index contributed by atoms with van der Waals surface area (Å²) in [4.78, 5) is 37.7. The van der Waals surface area contributed by atoms with E-state index in [1.807, 2.05) is 21.1 Å². The molecule has 0 bridgehead atoms. The fraction of sp³-hybridized carbons (Fsp3) is 0.600.